The van der Waals surface area contributed by atoms with E-state index in [1.165, 1.54) is 0 Å². The van der Waals surface area contributed by atoms with Crippen LogP contribution < -0.4 is 10.1 Å². The summed E-state index contributed by atoms with van der Waals surface area (Å²) in [6.07, 6.45) is 0.498. The first-order valence-corrected chi connectivity index (χ1v) is 10.6. The standard InChI is InChI=1S/C24H29NO6/c1-6-30-23(27)18-13(3)11-17-21(22(18)26)20(15-9-8-10-16(12-15)29-5)19(14(4)25-17)24(28)31-7-2/h8-10,12-13,18,20,25H,6-7,11H2,1-5H3/t13-,18-,20-/m1/s1. The van der Waals surface area contributed by atoms with E-state index in [9.17, 15) is 14.4 Å². The van der Waals surface area contributed by atoms with Gasteiger partial charge in [0.1, 0.15) is 11.7 Å². The number of dihydropyridines is 1. The van der Waals surface area contributed by atoms with Crippen molar-refractivity contribution in [2.75, 3.05) is 20.3 Å². The number of hydrogen-bond acceptors (Lipinski definition) is 7. The van der Waals surface area contributed by atoms with Crippen LogP contribution in [0.4, 0.5) is 0 Å². The van der Waals surface area contributed by atoms with Crippen molar-refractivity contribution in [1.82, 2.24) is 5.32 Å². The number of ketones is 1. The summed E-state index contributed by atoms with van der Waals surface area (Å²) in [5.41, 5.74) is 2.87. The second-order valence-corrected chi connectivity index (χ2v) is 7.76. The van der Waals surface area contributed by atoms with Crippen LogP contribution in [-0.2, 0) is 23.9 Å². The first kappa shape index (κ1) is 22.6. The number of Topliss-reactive ketones (excluding diaryl/α,β-unsaturated/α-hetero) is 1. The molecule has 3 rings (SSSR count). The average Bonchev–Trinajstić information content (AvgIpc) is 2.73. The number of hydrogen-bond donors (Lipinski definition) is 1. The minimum absolute atomic E-state index is 0.200. The predicted molar refractivity (Wildman–Crippen MR) is 114 cm³/mol. The fourth-order valence-corrected chi connectivity index (χ4v) is 4.42. The molecule has 1 heterocycles. The summed E-state index contributed by atoms with van der Waals surface area (Å²) in [7, 11) is 1.56. The van der Waals surface area contributed by atoms with Gasteiger partial charge < -0.3 is 19.5 Å². The van der Waals surface area contributed by atoms with E-state index in [2.05, 4.69) is 5.32 Å². The van der Waals surface area contributed by atoms with Crippen molar-refractivity contribution in [3.8, 4) is 5.75 Å². The van der Waals surface area contributed by atoms with Gasteiger partial charge in [0.15, 0.2) is 5.78 Å². The molecule has 7 nitrogen and oxygen atoms in total. The lowest BCUT2D eigenvalue weighted by Crippen LogP contribution is -2.43. The predicted octanol–water partition coefficient (Wildman–Crippen LogP) is 3.26. The van der Waals surface area contributed by atoms with Gasteiger partial charge in [-0.3, -0.25) is 9.59 Å². The molecule has 1 aliphatic carbocycles. The topological polar surface area (TPSA) is 90.9 Å². The molecule has 3 atom stereocenters. The molecule has 1 aliphatic heterocycles. The summed E-state index contributed by atoms with van der Waals surface area (Å²) in [5.74, 6) is -2.52. The molecule has 0 aromatic heterocycles. The molecule has 0 bridgehead atoms. The van der Waals surface area contributed by atoms with Gasteiger partial charge in [-0.05, 0) is 50.8 Å². The highest BCUT2D eigenvalue weighted by Crippen LogP contribution is 2.45. The smallest absolute Gasteiger partial charge is 0.336 e. The summed E-state index contributed by atoms with van der Waals surface area (Å²) in [6.45, 7) is 7.53. The number of rotatable bonds is 6. The summed E-state index contributed by atoms with van der Waals surface area (Å²) in [6, 6.07) is 7.26. The maximum Gasteiger partial charge on any atom is 0.336 e. The maximum absolute atomic E-state index is 13.7. The van der Waals surface area contributed by atoms with Gasteiger partial charge in [-0.1, -0.05) is 19.1 Å². The van der Waals surface area contributed by atoms with Gasteiger partial charge in [-0.25, -0.2) is 4.79 Å². The molecule has 1 aromatic rings. The van der Waals surface area contributed by atoms with Crippen LogP contribution in [0.25, 0.3) is 0 Å². The lowest BCUT2D eigenvalue weighted by Gasteiger charge is -2.38. The van der Waals surface area contributed by atoms with E-state index < -0.39 is 23.8 Å². The summed E-state index contributed by atoms with van der Waals surface area (Å²) in [4.78, 5) is 39.2. The van der Waals surface area contributed by atoms with Crippen LogP contribution in [-0.4, -0.2) is 38.0 Å². The van der Waals surface area contributed by atoms with Gasteiger partial charge in [0.05, 0.1) is 25.9 Å². The minimum atomic E-state index is -0.907. The molecule has 2 aliphatic rings. The second-order valence-electron chi connectivity index (χ2n) is 7.76. The first-order chi connectivity index (χ1) is 14.8. The number of benzene rings is 1. The van der Waals surface area contributed by atoms with Crippen molar-refractivity contribution >= 4 is 17.7 Å². The van der Waals surface area contributed by atoms with Crippen molar-refractivity contribution in [3.05, 3.63) is 52.4 Å². The SMILES string of the molecule is CCOC(=O)C1=C(C)NC2=C(C(=O)[C@H](C(=O)OCC)[C@H](C)C2)[C@@H]1c1cccc(OC)c1. The lowest BCUT2D eigenvalue weighted by atomic mass is 9.69. The van der Waals surface area contributed by atoms with E-state index in [4.69, 9.17) is 14.2 Å². The number of esters is 2. The minimum Gasteiger partial charge on any atom is -0.497 e. The molecule has 0 spiro atoms. The summed E-state index contributed by atoms with van der Waals surface area (Å²) < 4.78 is 15.9. The Morgan fingerprint density at radius 2 is 1.87 bits per heavy atom. The number of nitrogens with one attached hydrogen (secondary N) is 1. The average molecular weight is 427 g/mol. The molecule has 0 saturated heterocycles. The zero-order chi connectivity index (χ0) is 22.7. The van der Waals surface area contributed by atoms with Gasteiger partial charge >= 0.3 is 11.9 Å². The third-order valence-corrected chi connectivity index (χ3v) is 5.75. The molecule has 0 amide bonds. The van der Waals surface area contributed by atoms with E-state index in [0.29, 0.717) is 29.0 Å². The zero-order valence-electron chi connectivity index (χ0n) is 18.6. The highest BCUT2D eigenvalue weighted by atomic mass is 16.5. The fraction of sp³-hybridized carbons (Fsp3) is 0.458. The number of methoxy groups -OCH3 is 1. The Morgan fingerprint density at radius 3 is 2.52 bits per heavy atom. The maximum atomic E-state index is 13.7. The third kappa shape index (κ3) is 4.22. The van der Waals surface area contributed by atoms with Crippen LogP contribution in [0.1, 0.15) is 45.6 Å². The van der Waals surface area contributed by atoms with Gasteiger partial charge in [0.25, 0.3) is 0 Å². The largest absolute Gasteiger partial charge is 0.497 e. The Morgan fingerprint density at radius 1 is 1.16 bits per heavy atom. The Balaban J connectivity index is 2.17. The number of carbonyl (C=O) groups is 3. The first-order valence-electron chi connectivity index (χ1n) is 10.6. The van der Waals surface area contributed by atoms with Crippen molar-refractivity contribution in [3.63, 3.8) is 0 Å². The highest BCUT2D eigenvalue weighted by molar-refractivity contribution is 6.12. The van der Waals surface area contributed by atoms with Crippen LogP contribution in [0.3, 0.4) is 0 Å². The molecule has 31 heavy (non-hydrogen) atoms. The number of carbonyl (C=O) groups excluding carboxylic acids is 3. The molecule has 1 N–H and O–H groups in total. The molecular formula is C24H29NO6. The van der Waals surface area contributed by atoms with Crippen molar-refractivity contribution in [2.45, 2.75) is 40.0 Å². The van der Waals surface area contributed by atoms with Crippen LogP contribution >= 0.6 is 0 Å². The van der Waals surface area contributed by atoms with Crippen LogP contribution in [0.5, 0.6) is 5.75 Å². The van der Waals surface area contributed by atoms with E-state index >= 15 is 0 Å². The second kappa shape index (κ2) is 9.37. The molecule has 0 saturated carbocycles. The number of ether oxygens (including phenoxy) is 3. The van der Waals surface area contributed by atoms with Gasteiger partial charge in [0, 0.05) is 22.9 Å². The van der Waals surface area contributed by atoms with Gasteiger partial charge in [-0.15, -0.1) is 0 Å². The fourth-order valence-electron chi connectivity index (χ4n) is 4.42. The third-order valence-electron chi connectivity index (χ3n) is 5.75. The Bertz CT molecular complexity index is 961. The highest BCUT2D eigenvalue weighted by Gasteiger charge is 2.47. The summed E-state index contributed by atoms with van der Waals surface area (Å²) >= 11 is 0. The Labute approximate surface area is 182 Å². The van der Waals surface area contributed by atoms with Crippen LogP contribution in [0.2, 0.25) is 0 Å². The molecule has 0 fully saturated rings. The van der Waals surface area contributed by atoms with E-state index in [1.54, 1.807) is 40.0 Å². The van der Waals surface area contributed by atoms with Crippen LogP contribution in [0, 0.1) is 11.8 Å². The zero-order valence-corrected chi connectivity index (χ0v) is 18.6. The van der Waals surface area contributed by atoms with E-state index in [-0.39, 0.29) is 24.9 Å². The molecule has 166 valence electrons. The molecule has 7 heteroatoms. The van der Waals surface area contributed by atoms with Crippen molar-refractivity contribution in [2.24, 2.45) is 11.8 Å². The van der Waals surface area contributed by atoms with Crippen LogP contribution in [0.15, 0.2) is 46.8 Å². The van der Waals surface area contributed by atoms with Gasteiger partial charge in [-0.2, -0.15) is 0 Å². The quantitative estimate of drug-likeness (QED) is 0.550. The van der Waals surface area contributed by atoms with Gasteiger partial charge in [0.2, 0.25) is 0 Å². The lowest BCUT2D eigenvalue weighted by molar-refractivity contribution is -0.153. The summed E-state index contributed by atoms with van der Waals surface area (Å²) in [5, 5.41) is 3.24. The van der Waals surface area contributed by atoms with Crippen molar-refractivity contribution < 1.29 is 28.6 Å². The molecular weight excluding hydrogens is 398 g/mol. The Hall–Kier alpha value is -3.09. The monoisotopic (exact) mass is 427 g/mol. The normalized spacial score (nSPS) is 23.1. The van der Waals surface area contributed by atoms with Crippen molar-refractivity contribution in [1.29, 1.82) is 0 Å². The molecule has 1 aromatic carbocycles. The molecule has 0 radical (unpaired) electrons. The van der Waals surface area contributed by atoms with E-state index in [0.717, 1.165) is 11.3 Å². The number of allylic oxidation sites excluding steroid dienone is 3. The Kier molecular flexibility index (Phi) is 6.83. The molecule has 0 unspecified atom stereocenters. The van der Waals surface area contributed by atoms with E-state index in [1.807, 2.05) is 19.1 Å².